The van der Waals surface area contributed by atoms with Crippen molar-refractivity contribution in [1.82, 2.24) is 19.0 Å². The minimum Gasteiger partial charge on any atom is -0.496 e. The Morgan fingerprint density at radius 1 is 1.21 bits per heavy atom. The molecule has 180 valence electrons. The third-order valence-corrected chi connectivity index (χ3v) is 7.20. The predicted octanol–water partition coefficient (Wildman–Crippen LogP) is 3.87. The molecule has 0 unspecified atom stereocenters. The Kier molecular flexibility index (Phi) is 6.22. The molecule has 1 aliphatic heterocycles. The van der Waals surface area contributed by atoms with Gasteiger partial charge in [-0.15, -0.1) is 0 Å². The number of aromatic amines is 1. The highest BCUT2D eigenvalue weighted by Gasteiger charge is 2.31. The van der Waals surface area contributed by atoms with Gasteiger partial charge in [-0.25, -0.2) is 14.1 Å². The zero-order valence-electron chi connectivity index (χ0n) is 19.5. The van der Waals surface area contributed by atoms with E-state index in [9.17, 15) is 17.6 Å². The Morgan fingerprint density at radius 3 is 2.62 bits per heavy atom. The van der Waals surface area contributed by atoms with Crippen molar-refractivity contribution in [2.24, 2.45) is 5.41 Å². The number of pyridine rings is 1. The van der Waals surface area contributed by atoms with Crippen molar-refractivity contribution >= 4 is 32.7 Å². The van der Waals surface area contributed by atoms with Crippen molar-refractivity contribution in [2.75, 3.05) is 20.2 Å². The number of nitrogens with zero attached hydrogens (tertiary/aromatic N) is 2. The lowest BCUT2D eigenvalue weighted by Gasteiger charge is -2.27. The van der Waals surface area contributed by atoms with Gasteiger partial charge in [-0.2, -0.15) is 12.7 Å². The summed E-state index contributed by atoms with van der Waals surface area (Å²) in [6.45, 7) is 5.33. The number of hydrogen-bond acceptors (Lipinski definition) is 5. The number of carbonyl (C=O) groups is 1. The molecular weight excluding hydrogens is 459 g/mol. The molecule has 0 atom stereocenters. The standard InChI is InChI=1S/C24H27FN4O4S/c1-24(2,3)23(30)28-34(31,32)29-11-8-15(9-12-29)20-14-19-17(7-10-26-22(19)27-20)18-13-16(25)5-6-21(18)33-4/h5-8,10,13-14H,9,11-12H2,1-4H3,(H,26,27)(H,28,30). The maximum absolute atomic E-state index is 14.0. The van der Waals surface area contributed by atoms with Crippen LogP contribution in [0.25, 0.3) is 27.7 Å². The molecule has 0 saturated carbocycles. The van der Waals surface area contributed by atoms with E-state index in [0.29, 0.717) is 23.4 Å². The summed E-state index contributed by atoms with van der Waals surface area (Å²) in [5.74, 6) is -0.373. The summed E-state index contributed by atoms with van der Waals surface area (Å²) in [7, 11) is -2.40. The number of nitrogens with one attached hydrogen (secondary N) is 2. The molecule has 2 aromatic heterocycles. The van der Waals surface area contributed by atoms with Crippen molar-refractivity contribution in [1.29, 1.82) is 0 Å². The molecule has 0 saturated heterocycles. The first-order valence-corrected chi connectivity index (χ1v) is 12.3. The van der Waals surface area contributed by atoms with Crippen LogP contribution in [0, 0.1) is 11.2 Å². The van der Waals surface area contributed by atoms with Gasteiger partial charge in [0.05, 0.1) is 7.11 Å². The van der Waals surface area contributed by atoms with Crippen molar-refractivity contribution in [3.05, 3.63) is 54.1 Å². The molecule has 3 aromatic rings. The number of benzene rings is 1. The Morgan fingerprint density at radius 2 is 1.97 bits per heavy atom. The molecule has 0 bridgehead atoms. The fourth-order valence-electron chi connectivity index (χ4n) is 3.77. The van der Waals surface area contributed by atoms with Crippen molar-refractivity contribution < 1.29 is 22.3 Å². The molecule has 34 heavy (non-hydrogen) atoms. The smallest absolute Gasteiger partial charge is 0.304 e. The van der Waals surface area contributed by atoms with Gasteiger partial charge in [0.1, 0.15) is 17.2 Å². The summed E-state index contributed by atoms with van der Waals surface area (Å²) in [4.78, 5) is 19.8. The van der Waals surface area contributed by atoms with E-state index >= 15 is 0 Å². The second kappa shape index (κ2) is 8.84. The number of ether oxygens (including phenoxy) is 1. The topological polar surface area (TPSA) is 104 Å². The van der Waals surface area contributed by atoms with Crippen LogP contribution in [0.5, 0.6) is 5.75 Å². The molecule has 1 aliphatic rings. The maximum Gasteiger partial charge on any atom is 0.304 e. The zero-order valence-corrected chi connectivity index (χ0v) is 20.3. The molecule has 1 aromatic carbocycles. The second-order valence-corrected chi connectivity index (χ2v) is 10.8. The van der Waals surface area contributed by atoms with Gasteiger partial charge >= 0.3 is 10.2 Å². The molecule has 0 fully saturated rings. The normalized spacial score (nSPS) is 15.3. The minimum absolute atomic E-state index is 0.134. The van der Waals surface area contributed by atoms with Gasteiger partial charge in [0.15, 0.2) is 0 Å². The first-order valence-electron chi connectivity index (χ1n) is 10.8. The van der Waals surface area contributed by atoms with Gasteiger partial charge < -0.3 is 9.72 Å². The lowest BCUT2D eigenvalue weighted by atomic mass is 9.96. The second-order valence-electron chi connectivity index (χ2n) is 9.17. The van der Waals surface area contributed by atoms with Crippen LogP contribution in [0.2, 0.25) is 0 Å². The van der Waals surface area contributed by atoms with Crippen LogP contribution in [0.4, 0.5) is 4.39 Å². The highest BCUT2D eigenvalue weighted by Crippen LogP contribution is 2.36. The molecule has 4 rings (SSSR count). The summed E-state index contributed by atoms with van der Waals surface area (Å²) in [5.41, 5.74) is 2.94. The molecule has 10 heteroatoms. The van der Waals surface area contributed by atoms with Crippen LogP contribution in [-0.2, 0) is 15.0 Å². The van der Waals surface area contributed by atoms with E-state index in [0.717, 1.165) is 22.2 Å². The van der Waals surface area contributed by atoms with E-state index in [-0.39, 0.29) is 18.9 Å². The third-order valence-electron chi connectivity index (χ3n) is 5.74. The summed E-state index contributed by atoms with van der Waals surface area (Å²) in [6, 6.07) is 8.09. The molecular formula is C24H27FN4O4S. The Balaban J connectivity index is 1.62. The number of H-pyrrole nitrogens is 1. The van der Waals surface area contributed by atoms with Crippen LogP contribution in [-0.4, -0.2) is 48.8 Å². The van der Waals surface area contributed by atoms with Crippen LogP contribution < -0.4 is 9.46 Å². The van der Waals surface area contributed by atoms with Gasteiger partial charge in [0.2, 0.25) is 5.91 Å². The SMILES string of the molecule is COc1ccc(F)cc1-c1ccnc2[nH]c(C3=CCN(S(=O)(=O)NC(=O)C(C)(C)C)CC3)cc12. The first-order chi connectivity index (χ1) is 16.0. The largest absolute Gasteiger partial charge is 0.496 e. The highest BCUT2D eigenvalue weighted by molar-refractivity contribution is 7.87. The van der Waals surface area contributed by atoms with Gasteiger partial charge in [0, 0.05) is 41.3 Å². The van der Waals surface area contributed by atoms with Gasteiger partial charge in [-0.1, -0.05) is 26.8 Å². The lowest BCUT2D eigenvalue weighted by Crippen LogP contribution is -2.48. The van der Waals surface area contributed by atoms with Crippen LogP contribution >= 0.6 is 0 Å². The van der Waals surface area contributed by atoms with Crippen molar-refractivity contribution in [3.8, 4) is 16.9 Å². The monoisotopic (exact) mass is 486 g/mol. The number of halogens is 1. The van der Waals surface area contributed by atoms with Crippen LogP contribution in [0.3, 0.4) is 0 Å². The highest BCUT2D eigenvalue weighted by atomic mass is 32.2. The van der Waals surface area contributed by atoms with E-state index < -0.39 is 21.5 Å². The zero-order chi connectivity index (χ0) is 24.7. The summed E-state index contributed by atoms with van der Waals surface area (Å²) >= 11 is 0. The predicted molar refractivity (Wildman–Crippen MR) is 129 cm³/mol. The fraction of sp³-hybridized carbons (Fsp3) is 0.333. The number of carbonyl (C=O) groups excluding carboxylic acids is 1. The number of fused-ring (bicyclic) bond motifs is 1. The third kappa shape index (κ3) is 4.69. The number of methoxy groups -OCH3 is 1. The van der Waals surface area contributed by atoms with Crippen LogP contribution in [0.1, 0.15) is 32.9 Å². The molecule has 2 N–H and O–H groups in total. The molecule has 0 spiro atoms. The number of amides is 1. The van der Waals surface area contributed by atoms with Gasteiger partial charge in [-0.05, 0) is 47.9 Å². The van der Waals surface area contributed by atoms with E-state index in [1.807, 2.05) is 12.1 Å². The summed E-state index contributed by atoms with van der Waals surface area (Å²) < 4.78 is 48.0. The average Bonchev–Trinajstić information content (AvgIpc) is 3.23. The Bertz CT molecular complexity index is 1390. The van der Waals surface area contributed by atoms with E-state index in [1.54, 1.807) is 39.1 Å². The Hall–Kier alpha value is -3.24. The number of aromatic nitrogens is 2. The summed E-state index contributed by atoms with van der Waals surface area (Å²) in [6.07, 6.45) is 3.91. The fourth-order valence-corrected chi connectivity index (χ4v) is 5.05. The van der Waals surface area contributed by atoms with E-state index in [4.69, 9.17) is 4.74 Å². The first kappa shape index (κ1) is 23.9. The van der Waals surface area contributed by atoms with Crippen molar-refractivity contribution in [2.45, 2.75) is 27.2 Å². The van der Waals surface area contributed by atoms with E-state index in [2.05, 4.69) is 14.7 Å². The maximum atomic E-state index is 14.0. The minimum atomic E-state index is -3.93. The molecule has 8 nitrogen and oxygen atoms in total. The number of hydrogen-bond donors (Lipinski definition) is 2. The van der Waals surface area contributed by atoms with Crippen LogP contribution in [0.15, 0.2) is 42.6 Å². The molecule has 0 radical (unpaired) electrons. The lowest BCUT2D eigenvalue weighted by molar-refractivity contribution is -0.126. The number of rotatable bonds is 5. The van der Waals surface area contributed by atoms with E-state index in [1.165, 1.54) is 23.5 Å². The van der Waals surface area contributed by atoms with Gasteiger partial charge in [0.25, 0.3) is 0 Å². The van der Waals surface area contributed by atoms with Crippen molar-refractivity contribution in [3.63, 3.8) is 0 Å². The quantitative estimate of drug-likeness (QED) is 0.570. The average molecular weight is 487 g/mol. The molecule has 0 aliphatic carbocycles. The van der Waals surface area contributed by atoms with Gasteiger partial charge in [-0.3, -0.25) is 4.79 Å². The summed E-state index contributed by atoms with van der Waals surface area (Å²) in [5, 5.41) is 0.801. The Labute approximate surface area is 198 Å². The molecule has 3 heterocycles. The molecule has 1 amide bonds.